The molecule has 0 fully saturated rings. The van der Waals surface area contributed by atoms with Crippen LogP contribution in [-0.4, -0.2) is 35.6 Å². The number of methoxy groups -OCH3 is 1. The second-order valence-electron chi connectivity index (χ2n) is 5.69. The van der Waals surface area contributed by atoms with Crippen molar-refractivity contribution in [2.24, 2.45) is 0 Å². The minimum atomic E-state index is -0.701. The van der Waals surface area contributed by atoms with Gasteiger partial charge in [-0.15, -0.1) is 0 Å². The number of ether oxygens (including phenoxy) is 2. The maximum Gasteiger partial charge on any atom is 0.410 e. The Morgan fingerprint density at radius 1 is 1.24 bits per heavy atom. The molecule has 0 aliphatic carbocycles. The summed E-state index contributed by atoms with van der Waals surface area (Å²) < 4.78 is 9.91. The van der Waals surface area contributed by atoms with Crippen LogP contribution >= 0.6 is 0 Å². The number of hydrogen-bond acceptors (Lipinski definition) is 5. The molecule has 7 nitrogen and oxygen atoms in total. The lowest BCUT2D eigenvalue weighted by atomic mass is 10.0. The summed E-state index contributed by atoms with van der Waals surface area (Å²) >= 11 is 0. The van der Waals surface area contributed by atoms with Crippen LogP contribution in [0.5, 0.6) is 0 Å². The zero-order chi connectivity index (χ0) is 17.8. The quantitative estimate of drug-likeness (QED) is 0.860. The molecule has 130 valence electrons. The number of rotatable bonds is 3. The summed E-state index contributed by atoms with van der Waals surface area (Å²) in [5.41, 5.74) is 1.52. The van der Waals surface area contributed by atoms with Gasteiger partial charge in [-0.1, -0.05) is 30.3 Å². The lowest BCUT2D eigenvalue weighted by Crippen LogP contribution is -2.40. The van der Waals surface area contributed by atoms with Crippen LogP contribution in [0.2, 0.25) is 0 Å². The summed E-state index contributed by atoms with van der Waals surface area (Å²) in [4.78, 5) is 40.8. The van der Waals surface area contributed by atoms with Crippen molar-refractivity contribution in [2.75, 3.05) is 13.7 Å². The van der Waals surface area contributed by atoms with Gasteiger partial charge in [0.25, 0.3) is 0 Å². The van der Waals surface area contributed by atoms with Gasteiger partial charge in [-0.2, -0.15) is 0 Å². The highest BCUT2D eigenvalue weighted by molar-refractivity contribution is 5.89. The molecule has 0 unspecified atom stereocenters. The van der Waals surface area contributed by atoms with Crippen molar-refractivity contribution in [3.8, 4) is 0 Å². The minimum absolute atomic E-state index is 0.0687. The lowest BCUT2D eigenvalue weighted by Gasteiger charge is -2.27. The normalized spacial score (nSPS) is 13.1. The summed E-state index contributed by atoms with van der Waals surface area (Å²) in [6.07, 6.45) is 1.36. The van der Waals surface area contributed by atoms with Crippen LogP contribution in [0.25, 0.3) is 0 Å². The predicted molar refractivity (Wildman–Crippen MR) is 89.1 cm³/mol. The van der Waals surface area contributed by atoms with Gasteiger partial charge in [0.05, 0.1) is 13.7 Å². The first-order valence-electron chi connectivity index (χ1n) is 7.87. The van der Waals surface area contributed by atoms with Crippen LogP contribution < -0.4 is 5.43 Å². The number of nitrogens with one attached hydrogen (secondary N) is 1. The smallest absolute Gasteiger partial charge is 0.410 e. The zero-order valence-corrected chi connectivity index (χ0v) is 13.8. The van der Waals surface area contributed by atoms with E-state index in [-0.39, 0.29) is 18.7 Å². The second kappa shape index (κ2) is 7.21. The molecule has 0 radical (unpaired) electrons. The van der Waals surface area contributed by atoms with E-state index >= 15 is 0 Å². The van der Waals surface area contributed by atoms with Gasteiger partial charge >= 0.3 is 12.1 Å². The van der Waals surface area contributed by atoms with Gasteiger partial charge in [-0.25, -0.2) is 9.59 Å². The van der Waals surface area contributed by atoms with E-state index in [2.05, 4.69) is 9.72 Å². The van der Waals surface area contributed by atoms with Crippen molar-refractivity contribution in [3.05, 3.63) is 69.1 Å². The molecule has 0 bridgehead atoms. The molecule has 0 saturated carbocycles. The summed E-state index contributed by atoms with van der Waals surface area (Å²) in [5.74, 6) is -0.701. The molecule has 1 N–H and O–H groups in total. The predicted octanol–water partition coefficient (Wildman–Crippen LogP) is 1.86. The van der Waals surface area contributed by atoms with Gasteiger partial charge in [0, 0.05) is 30.4 Å². The van der Waals surface area contributed by atoms with E-state index in [1.165, 1.54) is 18.2 Å². The van der Waals surface area contributed by atoms with Gasteiger partial charge in [0.15, 0.2) is 0 Å². The topological polar surface area (TPSA) is 88.7 Å². The highest BCUT2D eigenvalue weighted by Gasteiger charge is 2.26. The first-order chi connectivity index (χ1) is 12.1. The molecule has 1 aliphatic heterocycles. The molecular weight excluding hydrogens is 324 g/mol. The van der Waals surface area contributed by atoms with E-state index in [9.17, 15) is 14.4 Å². The van der Waals surface area contributed by atoms with E-state index in [4.69, 9.17) is 4.74 Å². The van der Waals surface area contributed by atoms with Crippen molar-refractivity contribution >= 4 is 12.1 Å². The molecular formula is C18H18N2O5. The van der Waals surface area contributed by atoms with Crippen LogP contribution in [0.3, 0.4) is 0 Å². The Morgan fingerprint density at radius 3 is 2.72 bits per heavy atom. The molecule has 7 heteroatoms. The third-order valence-electron chi connectivity index (χ3n) is 4.12. The molecule has 1 aliphatic rings. The highest BCUT2D eigenvalue weighted by Crippen LogP contribution is 2.16. The average molecular weight is 342 g/mol. The fourth-order valence-corrected chi connectivity index (χ4v) is 2.75. The summed E-state index contributed by atoms with van der Waals surface area (Å²) in [5, 5.41) is 0. The van der Waals surface area contributed by atoms with Crippen LogP contribution in [0.4, 0.5) is 4.79 Å². The minimum Gasteiger partial charge on any atom is -0.465 e. The summed E-state index contributed by atoms with van der Waals surface area (Å²) in [6.45, 7) is 0.707. The van der Waals surface area contributed by atoms with E-state index < -0.39 is 17.5 Å². The van der Waals surface area contributed by atoms with Crippen LogP contribution in [0.15, 0.2) is 41.3 Å². The number of hydrogen-bond donors (Lipinski definition) is 1. The fourth-order valence-electron chi connectivity index (χ4n) is 2.75. The highest BCUT2D eigenvalue weighted by atomic mass is 16.6. The number of fused-ring (bicyclic) bond motifs is 1. The van der Waals surface area contributed by atoms with Gasteiger partial charge in [0.1, 0.15) is 12.2 Å². The van der Waals surface area contributed by atoms with E-state index in [0.717, 1.165) is 11.3 Å². The summed E-state index contributed by atoms with van der Waals surface area (Å²) in [6, 6.07) is 9.36. The molecule has 0 saturated heterocycles. The first kappa shape index (κ1) is 16.8. The van der Waals surface area contributed by atoms with Crippen molar-refractivity contribution in [2.45, 2.75) is 19.6 Å². The Labute approximate surface area is 144 Å². The van der Waals surface area contributed by atoms with Gasteiger partial charge in [-0.3, -0.25) is 4.79 Å². The molecule has 0 atom stereocenters. The number of amides is 1. The van der Waals surface area contributed by atoms with Crippen molar-refractivity contribution in [3.63, 3.8) is 0 Å². The zero-order valence-electron chi connectivity index (χ0n) is 13.8. The molecule has 1 aromatic carbocycles. The molecule has 25 heavy (non-hydrogen) atoms. The third-order valence-corrected chi connectivity index (χ3v) is 4.12. The Kier molecular flexibility index (Phi) is 4.83. The van der Waals surface area contributed by atoms with E-state index in [1.807, 2.05) is 30.3 Å². The molecule has 2 aromatic rings. The molecule has 2 heterocycles. The van der Waals surface area contributed by atoms with Gasteiger partial charge in [0.2, 0.25) is 5.43 Å². The maximum absolute atomic E-state index is 12.5. The van der Waals surface area contributed by atoms with Crippen molar-refractivity contribution < 1.29 is 19.1 Å². The maximum atomic E-state index is 12.5. The van der Waals surface area contributed by atoms with Crippen LogP contribution in [-0.2, 0) is 29.0 Å². The Morgan fingerprint density at radius 2 is 2.00 bits per heavy atom. The average Bonchev–Trinajstić information content (AvgIpc) is 2.66. The third kappa shape index (κ3) is 3.55. The van der Waals surface area contributed by atoms with Crippen LogP contribution in [0.1, 0.15) is 27.2 Å². The number of aromatic nitrogens is 1. The van der Waals surface area contributed by atoms with Gasteiger partial charge < -0.3 is 19.4 Å². The van der Waals surface area contributed by atoms with Crippen LogP contribution in [0, 0.1) is 0 Å². The number of benzene rings is 1. The number of aromatic amines is 1. The summed E-state index contributed by atoms with van der Waals surface area (Å²) in [7, 11) is 1.22. The second-order valence-corrected chi connectivity index (χ2v) is 5.69. The number of carbonyl (C=O) groups excluding carboxylic acids is 2. The van der Waals surface area contributed by atoms with Gasteiger partial charge in [-0.05, 0) is 5.56 Å². The lowest BCUT2D eigenvalue weighted by molar-refractivity contribution is 0.0598. The molecule has 1 amide bonds. The Bertz CT molecular complexity index is 844. The Hall–Kier alpha value is -3.09. The number of esters is 1. The molecule has 3 rings (SSSR count). The fraction of sp³-hybridized carbons (Fsp3) is 0.278. The SMILES string of the molecule is COC(=O)c1c[nH]c2c(c1=O)CN(C(=O)OCc1ccccc1)CC2. The number of H-pyrrole nitrogens is 1. The number of pyridine rings is 1. The molecule has 0 spiro atoms. The number of nitrogens with zero attached hydrogens (tertiary/aromatic N) is 1. The largest absolute Gasteiger partial charge is 0.465 e. The standard InChI is InChI=1S/C18H18N2O5/c1-24-17(22)13-9-19-15-7-8-20(10-14(15)16(13)21)18(23)25-11-12-5-3-2-4-6-12/h2-6,9H,7-8,10-11H2,1H3,(H,19,21). The number of carbonyl (C=O) groups is 2. The Balaban J connectivity index is 1.72. The monoisotopic (exact) mass is 342 g/mol. The van der Waals surface area contributed by atoms with Crippen molar-refractivity contribution in [1.82, 2.24) is 9.88 Å². The first-order valence-corrected chi connectivity index (χ1v) is 7.87. The molecule has 1 aromatic heterocycles. The van der Waals surface area contributed by atoms with E-state index in [0.29, 0.717) is 18.5 Å². The van der Waals surface area contributed by atoms with E-state index in [1.54, 1.807) is 0 Å². The van der Waals surface area contributed by atoms with Crippen molar-refractivity contribution in [1.29, 1.82) is 0 Å².